The van der Waals surface area contributed by atoms with Gasteiger partial charge in [0.25, 0.3) is 0 Å². The molecule has 0 spiro atoms. The van der Waals surface area contributed by atoms with Gasteiger partial charge in [-0.3, -0.25) is 9.13 Å². The predicted octanol–water partition coefficient (Wildman–Crippen LogP) is 12.6. The second-order valence-electron chi connectivity index (χ2n) is 15.6. The SMILES string of the molecule is CC(C)(C)c1ccnc(-n2c3ccc(C(C)(C)c4ccccc4)cc3c3ccc(Oc4cccc(-c5nc6ccccc6n5-c5ccccc5)c4)cc32)c1. The van der Waals surface area contributed by atoms with Crippen LogP contribution in [-0.2, 0) is 10.8 Å². The molecule has 0 fully saturated rings. The third-order valence-electron chi connectivity index (χ3n) is 10.7. The fraction of sp³-hybridized carbons (Fsp3) is 0.143. The van der Waals surface area contributed by atoms with Crippen LogP contribution < -0.4 is 4.74 Å². The van der Waals surface area contributed by atoms with Crippen LogP contribution in [0.3, 0.4) is 0 Å². The van der Waals surface area contributed by atoms with Crippen LogP contribution >= 0.6 is 0 Å². The van der Waals surface area contributed by atoms with E-state index in [9.17, 15) is 0 Å². The second kappa shape index (κ2) is 12.9. The van der Waals surface area contributed by atoms with E-state index in [0.29, 0.717) is 0 Å². The molecule has 5 nitrogen and oxygen atoms in total. The number of fused-ring (bicyclic) bond motifs is 4. The number of hydrogen-bond acceptors (Lipinski definition) is 3. The molecule has 3 aromatic heterocycles. The summed E-state index contributed by atoms with van der Waals surface area (Å²) in [4.78, 5) is 10.0. The molecular formula is C49H42N4O. The molecule has 54 heavy (non-hydrogen) atoms. The number of ether oxygens (including phenoxy) is 1. The second-order valence-corrected chi connectivity index (χ2v) is 15.6. The van der Waals surface area contributed by atoms with Crippen LogP contribution in [0, 0.1) is 0 Å². The van der Waals surface area contributed by atoms with E-state index in [2.05, 4.69) is 177 Å². The Hall–Kier alpha value is -6.46. The number of para-hydroxylation sites is 3. The summed E-state index contributed by atoms with van der Waals surface area (Å²) < 4.78 is 11.2. The smallest absolute Gasteiger partial charge is 0.145 e. The first-order valence-corrected chi connectivity index (χ1v) is 18.6. The number of hydrogen-bond donors (Lipinski definition) is 0. The van der Waals surface area contributed by atoms with Gasteiger partial charge in [0.2, 0.25) is 0 Å². The Kier molecular flexibility index (Phi) is 7.97. The van der Waals surface area contributed by atoms with Gasteiger partial charge in [0.1, 0.15) is 23.1 Å². The van der Waals surface area contributed by atoms with E-state index in [0.717, 1.165) is 61.8 Å². The van der Waals surface area contributed by atoms with Gasteiger partial charge < -0.3 is 4.74 Å². The van der Waals surface area contributed by atoms with E-state index in [1.54, 1.807) is 0 Å². The molecule has 0 bridgehead atoms. The molecule has 0 saturated carbocycles. The molecule has 0 amide bonds. The molecule has 3 heterocycles. The van der Waals surface area contributed by atoms with Crippen molar-refractivity contribution in [3.8, 4) is 34.4 Å². The third kappa shape index (κ3) is 5.82. The summed E-state index contributed by atoms with van der Waals surface area (Å²) in [5.74, 6) is 3.23. The van der Waals surface area contributed by atoms with E-state index in [1.807, 2.05) is 30.5 Å². The maximum Gasteiger partial charge on any atom is 0.145 e. The minimum absolute atomic E-state index is 0.0241. The Morgan fingerprint density at radius 2 is 1.24 bits per heavy atom. The first-order chi connectivity index (χ1) is 26.1. The predicted molar refractivity (Wildman–Crippen MR) is 222 cm³/mol. The van der Waals surface area contributed by atoms with Crippen molar-refractivity contribution in [2.24, 2.45) is 0 Å². The highest BCUT2D eigenvalue weighted by Gasteiger charge is 2.25. The number of rotatable bonds is 7. The molecular weight excluding hydrogens is 661 g/mol. The molecule has 6 aromatic carbocycles. The standard InChI is InChI=1S/C49H42N4O/c1-48(2,3)35-27-28-50-46(31-35)53-43-26-23-36(49(4,5)34-16-8-6-9-17-34)30-41(43)40-25-24-39(32-45(40)53)54-38-20-14-15-33(29-38)47-51-42-21-12-13-22-44(42)52(47)37-18-10-7-11-19-37/h6-32H,1-5H3. The largest absolute Gasteiger partial charge is 0.457 e. The highest BCUT2D eigenvalue weighted by atomic mass is 16.5. The summed E-state index contributed by atoms with van der Waals surface area (Å²) in [6.07, 6.45) is 1.93. The summed E-state index contributed by atoms with van der Waals surface area (Å²) in [5.41, 5.74) is 9.75. The molecule has 0 aliphatic carbocycles. The normalized spacial score (nSPS) is 12.2. The number of nitrogens with zero attached hydrogens (tertiary/aromatic N) is 4. The average molecular weight is 703 g/mol. The van der Waals surface area contributed by atoms with Crippen LogP contribution in [0.2, 0.25) is 0 Å². The minimum atomic E-state index is -0.177. The van der Waals surface area contributed by atoms with Crippen molar-refractivity contribution in [1.82, 2.24) is 19.1 Å². The average Bonchev–Trinajstić information content (AvgIpc) is 3.74. The van der Waals surface area contributed by atoms with Gasteiger partial charge in [-0.25, -0.2) is 9.97 Å². The van der Waals surface area contributed by atoms with E-state index in [-0.39, 0.29) is 10.8 Å². The van der Waals surface area contributed by atoms with Gasteiger partial charge in [0.15, 0.2) is 0 Å². The molecule has 5 heteroatoms. The lowest BCUT2D eigenvalue weighted by Crippen LogP contribution is -2.18. The van der Waals surface area contributed by atoms with Crippen molar-refractivity contribution in [2.45, 2.75) is 45.4 Å². The zero-order chi connectivity index (χ0) is 37.0. The quantitative estimate of drug-likeness (QED) is 0.166. The van der Waals surface area contributed by atoms with Gasteiger partial charge in [-0.05, 0) is 94.9 Å². The third-order valence-corrected chi connectivity index (χ3v) is 10.7. The maximum absolute atomic E-state index is 6.70. The molecule has 9 rings (SSSR count). The number of pyridine rings is 1. The lowest BCUT2D eigenvalue weighted by molar-refractivity contribution is 0.483. The Labute approximate surface area is 316 Å². The van der Waals surface area contributed by atoms with Crippen LogP contribution in [0.25, 0.3) is 55.7 Å². The van der Waals surface area contributed by atoms with Gasteiger partial charge in [-0.2, -0.15) is 0 Å². The number of benzene rings is 6. The van der Waals surface area contributed by atoms with Gasteiger partial charge >= 0.3 is 0 Å². The van der Waals surface area contributed by atoms with E-state index in [1.165, 1.54) is 22.1 Å². The van der Waals surface area contributed by atoms with Crippen molar-refractivity contribution in [1.29, 1.82) is 0 Å². The minimum Gasteiger partial charge on any atom is -0.457 e. The van der Waals surface area contributed by atoms with Crippen LogP contribution in [0.4, 0.5) is 0 Å². The summed E-state index contributed by atoms with van der Waals surface area (Å²) in [6, 6.07) is 55.2. The van der Waals surface area contributed by atoms with E-state index < -0.39 is 0 Å². The highest BCUT2D eigenvalue weighted by Crippen LogP contribution is 2.40. The maximum atomic E-state index is 6.70. The van der Waals surface area contributed by atoms with Gasteiger partial charge in [0.05, 0.1) is 22.1 Å². The molecule has 0 aliphatic rings. The lowest BCUT2D eigenvalue weighted by atomic mass is 9.78. The molecule has 9 aromatic rings. The molecule has 0 N–H and O–H groups in total. The molecule has 264 valence electrons. The fourth-order valence-corrected chi connectivity index (χ4v) is 7.62. The van der Waals surface area contributed by atoms with Crippen LogP contribution in [0.1, 0.15) is 51.3 Å². The van der Waals surface area contributed by atoms with Crippen molar-refractivity contribution in [3.63, 3.8) is 0 Å². The lowest BCUT2D eigenvalue weighted by Gasteiger charge is -2.26. The number of imidazole rings is 1. The highest BCUT2D eigenvalue weighted by molar-refractivity contribution is 6.10. The van der Waals surface area contributed by atoms with E-state index >= 15 is 0 Å². The van der Waals surface area contributed by atoms with Crippen LogP contribution in [0.5, 0.6) is 11.5 Å². The number of aromatic nitrogens is 4. The Bertz CT molecular complexity index is 2800. The summed E-state index contributed by atoms with van der Waals surface area (Å²) in [6.45, 7) is 11.3. The van der Waals surface area contributed by atoms with Crippen molar-refractivity contribution >= 4 is 32.8 Å². The molecule has 0 saturated heterocycles. The Morgan fingerprint density at radius 3 is 2.04 bits per heavy atom. The molecule has 0 radical (unpaired) electrons. The topological polar surface area (TPSA) is 44.9 Å². The monoisotopic (exact) mass is 702 g/mol. The summed E-state index contributed by atoms with van der Waals surface area (Å²) >= 11 is 0. The Morgan fingerprint density at radius 1 is 0.500 bits per heavy atom. The van der Waals surface area contributed by atoms with Gasteiger partial charge in [-0.1, -0.05) is 113 Å². The summed E-state index contributed by atoms with van der Waals surface area (Å²) in [5, 5.41) is 2.33. The van der Waals surface area contributed by atoms with Crippen LogP contribution in [-0.4, -0.2) is 19.1 Å². The van der Waals surface area contributed by atoms with E-state index in [4.69, 9.17) is 14.7 Å². The zero-order valence-electron chi connectivity index (χ0n) is 31.3. The molecule has 0 aliphatic heterocycles. The van der Waals surface area contributed by atoms with Crippen LogP contribution in [0.15, 0.2) is 164 Å². The fourth-order valence-electron chi connectivity index (χ4n) is 7.62. The molecule has 0 unspecified atom stereocenters. The Balaban J connectivity index is 1.17. The van der Waals surface area contributed by atoms with Gasteiger partial charge in [0, 0.05) is 39.7 Å². The van der Waals surface area contributed by atoms with Gasteiger partial charge in [-0.15, -0.1) is 0 Å². The first-order valence-electron chi connectivity index (χ1n) is 18.6. The summed E-state index contributed by atoms with van der Waals surface area (Å²) in [7, 11) is 0. The molecule has 0 atom stereocenters. The first kappa shape index (κ1) is 33.4. The zero-order valence-corrected chi connectivity index (χ0v) is 31.3. The van der Waals surface area contributed by atoms with Crippen molar-refractivity contribution < 1.29 is 4.74 Å². The van der Waals surface area contributed by atoms with Crippen molar-refractivity contribution in [3.05, 3.63) is 181 Å². The van der Waals surface area contributed by atoms with Crippen molar-refractivity contribution in [2.75, 3.05) is 0 Å².